The summed E-state index contributed by atoms with van der Waals surface area (Å²) in [6.07, 6.45) is 0. The largest absolute Gasteiger partial charge is 0.384 e. The standard InChI is InChI=1S/C12H17F2NO/c1-4-15-7-12(3,16)10-9(13)6-5-8(2)11(10)14/h5-6,15-16H,4,7H2,1-3H3. The molecule has 0 radical (unpaired) electrons. The number of halogens is 2. The van der Waals surface area contributed by atoms with Crippen molar-refractivity contribution < 1.29 is 13.9 Å². The third kappa shape index (κ3) is 2.57. The first-order valence-electron chi connectivity index (χ1n) is 5.28. The van der Waals surface area contributed by atoms with Gasteiger partial charge < -0.3 is 10.4 Å². The molecule has 0 saturated carbocycles. The minimum absolute atomic E-state index is 0.112. The molecule has 0 aliphatic rings. The molecule has 4 heteroatoms. The highest BCUT2D eigenvalue weighted by atomic mass is 19.1. The number of benzene rings is 1. The highest BCUT2D eigenvalue weighted by molar-refractivity contribution is 5.31. The maximum Gasteiger partial charge on any atom is 0.135 e. The molecular weight excluding hydrogens is 212 g/mol. The van der Waals surface area contributed by atoms with Gasteiger partial charge in [0.1, 0.15) is 17.2 Å². The first-order chi connectivity index (χ1) is 7.40. The van der Waals surface area contributed by atoms with E-state index in [2.05, 4.69) is 5.32 Å². The number of hydrogen-bond donors (Lipinski definition) is 2. The summed E-state index contributed by atoms with van der Waals surface area (Å²) in [5.41, 5.74) is -1.49. The predicted octanol–water partition coefficient (Wildman–Crippen LogP) is 2.09. The van der Waals surface area contributed by atoms with Crippen LogP contribution in [0.15, 0.2) is 12.1 Å². The second-order valence-electron chi connectivity index (χ2n) is 4.11. The zero-order valence-electron chi connectivity index (χ0n) is 9.77. The average molecular weight is 229 g/mol. The number of aryl methyl sites for hydroxylation is 1. The second kappa shape index (κ2) is 4.89. The van der Waals surface area contributed by atoms with Crippen molar-refractivity contribution in [3.63, 3.8) is 0 Å². The summed E-state index contributed by atoms with van der Waals surface area (Å²) >= 11 is 0. The van der Waals surface area contributed by atoms with Crippen LogP contribution < -0.4 is 5.32 Å². The van der Waals surface area contributed by atoms with Crippen molar-refractivity contribution >= 4 is 0 Å². The van der Waals surface area contributed by atoms with Gasteiger partial charge in [0.05, 0.1) is 5.56 Å². The maximum absolute atomic E-state index is 13.8. The summed E-state index contributed by atoms with van der Waals surface area (Å²) in [4.78, 5) is 0. The molecule has 0 heterocycles. The molecule has 0 fully saturated rings. The van der Waals surface area contributed by atoms with E-state index < -0.39 is 17.2 Å². The van der Waals surface area contributed by atoms with Gasteiger partial charge in [-0.25, -0.2) is 8.78 Å². The number of rotatable bonds is 4. The normalized spacial score (nSPS) is 14.9. The van der Waals surface area contributed by atoms with Gasteiger partial charge in [0.15, 0.2) is 0 Å². The van der Waals surface area contributed by atoms with Gasteiger partial charge in [-0.05, 0) is 32.0 Å². The van der Waals surface area contributed by atoms with E-state index in [0.717, 1.165) is 0 Å². The molecule has 2 N–H and O–H groups in total. The van der Waals surface area contributed by atoms with Gasteiger partial charge in [-0.3, -0.25) is 0 Å². The monoisotopic (exact) mass is 229 g/mol. The Morgan fingerprint density at radius 1 is 1.38 bits per heavy atom. The lowest BCUT2D eigenvalue weighted by molar-refractivity contribution is 0.0497. The van der Waals surface area contributed by atoms with E-state index in [0.29, 0.717) is 12.1 Å². The van der Waals surface area contributed by atoms with Crippen LogP contribution in [-0.4, -0.2) is 18.2 Å². The van der Waals surface area contributed by atoms with Crippen molar-refractivity contribution in [2.45, 2.75) is 26.4 Å². The highest BCUT2D eigenvalue weighted by Crippen LogP contribution is 2.27. The van der Waals surface area contributed by atoms with Crippen molar-refractivity contribution in [3.8, 4) is 0 Å². The molecule has 1 unspecified atom stereocenters. The molecule has 0 aromatic heterocycles. The summed E-state index contributed by atoms with van der Waals surface area (Å²) in [5.74, 6) is -1.39. The third-order valence-electron chi connectivity index (χ3n) is 2.54. The van der Waals surface area contributed by atoms with Gasteiger partial charge in [-0.1, -0.05) is 13.0 Å². The van der Waals surface area contributed by atoms with Crippen LogP contribution in [0.4, 0.5) is 8.78 Å². The Kier molecular flexibility index (Phi) is 3.99. The fraction of sp³-hybridized carbons (Fsp3) is 0.500. The van der Waals surface area contributed by atoms with Crippen LogP contribution in [0.1, 0.15) is 25.0 Å². The van der Waals surface area contributed by atoms with Crippen LogP contribution in [0.5, 0.6) is 0 Å². The highest BCUT2D eigenvalue weighted by Gasteiger charge is 2.30. The lowest BCUT2D eigenvalue weighted by atomic mass is 9.93. The van der Waals surface area contributed by atoms with Gasteiger partial charge >= 0.3 is 0 Å². The van der Waals surface area contributed by atoms with Crippen molar-refractivity contribution in [2.24, 2.45) is 0 Å². The van der Waals surface area contributed by atoms with Gasteiger partial charge in [0, 0.05) is 6.54 Å². The summed E-state index contributed by atoms with van der Waals surface area (Å²) in [6, 6.07) is 2.53. The predicted molar refractivity (Wildman–Crippen MR) is 59.2 cm³/mol. The van der Waals surface area contributed by atoms with E-state index in [1.165, 1.54) is 19.1 Å². The molecule has 1 aromatic rings. The maximum atomic E-state index is 13.8. The Morgan fingerprint density at radius 2 is 2.00 bits per heavy atom. The first-order valence-corrected chi connectivity index (χ1v) is 5.28. The Hall–Kier alpha value is -1.00. The minimum atomic E-state index is -1.55. The summed E-state index contributed by atoms with van der Waals surface area (Å²) in [6.45, 7) is 5.54. The van der Waals surface area contributed by atoms with Crippen molar-refractivity contribution in [3.05, 3.63) is 34.9 Å². The smallest absolute Gasteiger partial charge is 0.135 e. The second-order valence-corrected chi connectivity index (χ2v) is 4.11. The fourth-order valence-electron chi connectivity index (χ4n) is 1.61. The Morgan fingerprint density at radius 3 is 2.56 bits per heavy atom. The number of likely N-dealkylation sites (N-methyl/N-ethyl adjacent to an activating group) is 1. The molecule has 0 saturated heterocycles. The van der Waals surface area contributed by atoms with Crippen LogP contribution in [0.25, 0.3) is 0 Å². The quantitative estimate of drug-likeness (QED) is 0.828. The Labute approximate surface area is 94.3 Å². The van der Waals surface area contributed by atoms with Crippen LogP contribution in [0.2, 0.25) is 0 Å². The minimum Gasteiger partial charge on any atom is -0.384 e. The van der Waals surface area contributed by atoms with Crippen molar-refractivity contribution in [1.82, 2.24) is 5.32 Å². The molecule has 1 atom stereocenters. The van der Waals surface area contributed by atoms with E-state index >= 15 is 0 Å². The molecule has 1 rings (SSSR count). The van der Waals surface area contributed by atoms with Crippen molar-refractivity contribution in [2.75, 3.05) is 13.1 Å². The van der Waals surface area contributed by atoms with Crippen LogP contribution in [0, 0.1) is 18.6 Å². The van der Waals surface area contributed by atoms with Crippen LogP contribution in [-0.2, 0) is 5.60 Å². The Balaban J connectivity index is 3.15. The fourth-order valence-corrected chi connectivity index (χ4v) is 1.61. The average Bonchev–Trinajstić information content (AvgIpc) is 2.21. The van der Waals surface area contributed by atoms with Gasteiger partial charge in [-0.2, -0.15) is 0 Å². The topological polar surface area (TPSA) is 32.3 Å². The third-order valence-corrected chi connectivity index (χ3v) is 2.54. The summed E-state index contributed by atoms with van der Waals surface area (Å²) < 4.78 is 27.3. The van der Waals surface area contributed by atoms with Crippen LogP contribution >= 0.6 is 0 Å². The summed E-state index contributed by atoms with van der Waals surface area (Å²) in [7, 11) is 0. The molecule has 2 nitrogen and oxygen atoms in total. The lowest BCUT2D eigenvalue weighted by Gasteiger charge is -2.25. The molecule has 0 amide bonds. The first kappa shape index (κ1) is 13.1. The lowest BCUT2D eigenvalue weighted by Crippen LogP contribution is -2.37. The van der Waals surface area contributed by atoms with Gasteiger partial charge in [-0.15, -0.1) is 0 Å². The van der Waals surface area contributed by atoms with Crippen molar-refractivity contribution in [1.29, 1.82) is 0 Å². The Bertz CT molecular complexity index is 378. The molecule has 90 valence electrons. The van der Waals surface area contributed by atoms with E-state index in [9.17, 15) is 13.9 Å². The number of aliphatic hydroxyl groups is 1. The SMILES string of the molecule is CCNCC(C)(O)c1c(F)ccc(C)c1F. The van der Waals surface area contributed by atoms with E-state index in [-0.39, 0.29) is 12.1 Å². The van der Waals surface area contributed by atoms with E-state index in [4.69, 9.17) is 0 Å². The molecule has 0 aliphatic carbocycles. The van der Waals surface area contributed by atoms with E-state index in [1.54, 1.807) is 6.92 Å². The van der Waals surface area contributed by atoms with Crippen LogP contribution in [0.3, 0.4) is 0 Å². The number of hydrogen-bond acceptors (Lipinski definition) is 2. The molecule has 16 heavy (non-hydrogen) atoms. The molecule has 0 aliphatic heterocycles. The molecule has 0 spiro atoms. The van der Waals surface area contributed by atoms with E-state index in [1.807, 2.05) is 6.92 Å². The van der Waals surface area contributed by atoms with Gasteiger partial charge in [0.2, 0.25) is 0 Å². The summed E-state index contributed by atoms with van der Waals surface area (Å²) in [5, 5.41) is 12.9. The zero-order chi connectivity index (χ0) is 12.3. The number of nitrogens with one attached hydrogen (secondary N) is 1. The molecule has 0 bridgehead atoms. The van der Waals surface area contributed by atoms with Gasteiger partial charge in [0.25, 0.3) is 0 Å². The molecular formula is C12H17F2NO. The molecule has 1 aromatic carbocycles. The zero-order valence-corrected chi connectivity index (χ0v) is 9.77.